The molecule has 0 bridgehead atoms. The fourth-order valence-corrected chi connectivity index (χ4v) is 2.78. The van der Waals surface area contributed by atoms with E-state index in [9.17, 15) is 4.39 Å². The highest BCUT2D eigenvalue weighted by Crippen LogP contribution is 2.26. The van der Waals surface area contributed by atoms with Crippen LogP contribution in [0.5, 0.6) is 0 Å². The molecule has 0 radical (unpaired) electrons. The summed E-state index contributed by atoms with van der Waals surface area (Å²) >= 11 is 0. The fourth-order valence-electron chi connectivity index (χ4n) is 2.78. The Kier molecular flexibility index (Phi) is 3.82. The van der Waals surface area contributed by atoms with Crippen LogP contribution in [-0.2, 0) is 6.54 Å². The van der Waals surface area contributed by atoms with Crippen LogP contribution in [-0.4, -0.2) is 28.1 Å². The molecule has 0 N–H and O–H groups in total. The normalized spacial score (nSPS) is 15.9. The van der Waals surface area contributed by atoms with Crippen molar-refractivity contribution in [2.75, 3.05) is 18.0 Å². The molecule has 1 aliphatic rings. The van der Waals surface area contributed by atoms with Gasteiger partial charge in [-0.3, -0.25) is 4.68 Å². The molecule has 1 aliphatic heterocycles. The van der Waals surface area contributed by atoms with E-state index in [1.165, 1.54) is 6.07 Å². The molecule has 6 heteroatoms. The summed E-state index contributed by atoms with van der Waals surface area (Å²) in [7, 11) is 0. The minimum atomic E-state index is -0.316. The summed E-state index contributed by atoms with van der Waals surface area (Å²) in [5.74, 6) is 0.230. The summed E-state index contributed by atoms with van der Waals surface area (Å²) in [6.45, 7) is 2.51. The molecule has 0 amide bonds. The summed E-state index contributed by atoms with van der Waals surface area (Å²) < 4.78 is 15.9. The van der Waals surface area contributed by atoms with Crippen molar-refractivity contribution in [2.24, 2.45) is 5.92 Å². The van der Waals surface area contributed by atoms with Crippen molar-refractivity contribution in [2.45, 2.75) is 19.4 Å². The number of anilines is 1. The maximum absolute atomic E-state index is 14.0. The SMILES string of the molecule is N#Cc1ccc(N2CCC(Cn3ccnn3)CC2)c(F)c1. The number of hydrogen-bond acceptors (Lipinski definition) is 4. The van der Waals surface area contributed by atoms with E-state index < -0.39 is 0 Å². The highest BCUT2D eigenvalue weighted by molar-refractivity contribution is 5.51. The average molecular weight is 285 g/mol. The first-order valence-electron chi connectivity index (χ1n) is 7.05. The smallest absolute Gasteiger partial charge is 0.147 e. The number of rotatable bonds is 3. The van der Waals surface area contributed by atoms with E-state index in [1.54, 1.807) is 18.3 Å². The van der Waals surface area contributed by atoms with Gasteiger partial charge in [-0.1, -0.05) is 5.21 Å². The number of aromatic nitrogens is 3. The molecule has 3 rings (SSSR count). The lowest BCUT2D eigenvalue weighted by atomic mass is 9.96. The molecule has 2 aromatic rings. The van der Waals surface area contributed by atoms with E-state index in [2.05, 4.69) is 10.3 Å². The van der Waals surface area contributed by atoms with Crippen molar-refractivity contribution >= 4 is 5.69 Å². The number of hydrogen-bond donors (Lipinski definition) is 0. The van der Waals surface area contributed by atoms with Gasteiger partial charge >= 0.3 is 0 Å². The highest BCUT2D eigenvalue weighted by atomic mass is 19.1. The maximum Gasteiger partial charge on any atom is 0.147 e. The monoisotopic (exact) mass is 285 g/mol. The average Bonchev–Trinajstić information content (AvgIpc) is 3.01. The first kappa shape index (κ1) is 13.6. The van der Waals surface area contributed by atoms with E-state index in [0.717, 1.165) is 32.5 Å². The zero-order chi connectivity index (χ0) is 14.7. The highest BCUT2D eigenvalue weighted by Gasteiger charge is 2.21. The maximum atomic E-state index is 14.0. The standard InChI is InChI=1S/C15H16FN5/c16-14-9-13(10-17)1-2-15(14)20-6-3-12(4-7-20)11-21-8-5-18-19-21/h1-2,5,8-9,12H,3-4,6-7,11H2. The van der Waals surface area contributed by atoms with Crippen molar-refractivity contribution < 1.29 is 4.39 Å². The Morgan fingerprint density at radius 2 is 2.14 bits per heavy atom. The first-order chi connectivity index (χ1) is 10.3. The van der Waals surface area contributed by atoms with Gasteiger partial charge in [0, 0.05) is 25.8 Å². The van der Waals surface area contributed by atoms with Crippen molar-refractivity contribution in [1.29, 1.82) is 5.26 Å². The zero-order valence-electron chi connectivity index (χ0n) is 11.6. The molecule has 108 valence electrons. The van der Waals surface area contributed by atoms with Gasteiger partial charge < -0.3 is 4.90 Å². The number of piperidine rings is 1. The predicted octanol–water partition coefficient (Wildman–Crippen LogP) is 2.21. The third-order valence-electron chi connectivity index (χ3n) is 3.95. The van der Waals surface area contributed by atoms with Crippen LogP contribution >= 0.6 is 0 Å². The minimum Gasteiger partial charge on any atom is -0.369 e. The molecule has 21 heavy (non-hydrogen) atoms. The van der Waals surface area contributed by atoms with Crippen LogP contribution in [0.2, 0.25) is 0 Å². The second-order valence-electron chi connectivity index (χ2n) is 5.33. The molecule has 0 unspecified atom stereocenters. The first-order valence-corrected chi connectivity index (χ1v) is 7.05. The Bertz CT molecular complexity index is 639. The Morgan fingerprint density at radius 3 is 2.76 bits per heavy atom. The van der Waals surface area contributed by atoms with Gasteiger partial charge in [0.25, 0.3) is 0 Å². The Balaban J connectivity index is 1.62. The second-order valence-corrected chi connectivity index (χ2v) is 5.33. The molecule has 1 saturated heterocycles. The summed E-state index contributed by atoms with van der Waals surface area (Å²) in [5, 5.41) is 16.6. The molecule has 2 heterocycles. The fraction of sp³-hybridized carbons (Fsp3) is 0.400. The topological polar surface area (TPSA) is 57.7 Å². The van der Waals surface area contributed by atoms with Crippen LogP contribution < -0.4 is 4.90 Å². The van der Waals surface area contributed by atoms with E-state index in [1.807, 2.05) is 21.8 Å². The molecule has 0 aliphatic carbocycles. The summed E-state index contributed by atoms with van der Waals surface area (Å²) in [5.41, 5.74) is 0.950. The predicted molar refractivity (Wildman–Crippen MR) is 76.1 cm³/mol. The lowest BCUT2D eigenvalue weighted by Gasteiger charge is -2.33. The van der Waals surface area contributed by atoms with E-state index in [0.29, 0.717) is 17.2 Å². The molecular weight excluding hydrogens is 269 g/mol. The third kappa shape index (κ3) is 3.02. The van der Waals surface area contributed by atoms with E-state index in [4.69, 9.17) is 5.26 Å². The van der Waals surface area contributed by atoms with E-state index in [-0.39, 0.29) is 5.82 Å². The molecule has 1 aromatic heterocycles. The molecular formula is C15H16FN5. The third-order valence-corrected chi connectivity index (χ3v) is 3.95. The molecule has 0 spiro atoms. The summed E-state index contributed by atoms with van der Waals surface area (Å²) in [4.78, 5) is 2.05. The Hall–Kier alpha value is -2.42. The molecule has 1 fully saturated rings. The van der Waals surface area contributed by atoms with Gasteiger partial charge in [-0.2, -0.15) is 5.26 Å². The van der Waals surface area contributed by atoms with E-state index >= 15 is 0 Å². The largest absolute Gasteiger partial charge is 0.369 e. The number of halogens is 1. The van der Waals surface area contributed by atoms with Crippen LogP contribution in [0.25, 0.3) is 0 Å². The van der Waals surface area contributed by atoms with Crippen LogP contribution in [0, 0.1) is 23.1 Å². The number of nitrogens with zero attached hydrogens (tertiary/aromatic N) is 5. The van der Waals surface area contributed by atoms with Crippen molar-refractivity contribution in [3.63, 3.8) is 0 Å². The van der Waals surface area contributed by atoms with Crippen molar-refractivity contribution in [1.82, 2.24) is 15.0 Å². The Morgan fingerprint density at radius 1 is 1.33 bits per heavy atom. The lowest BCUT2D eigenvalue weighted by molar-refractivity contribution is 0.338. The molecule has 0 saturated carbocycles. The molecule has 5 nitrogen and oxygen atoms in total. The number of nitriles is 1. The van der Waals surface area contributed by atoms with Crippen LogP contribution in [0.3, 0.4) is 0 Å². The lowest BCUT2D eigenvalue weighted by Crippen LogP contribution is -2.35. The van der Waals surface area contributed by atoms with Gasteiger partial charge in [0.05, 0.1) is 23.5 Å². The summed E-state index contributed by atoms with van der Waals surface area (Å²) in [6, 6.07) is 6.62. The minimum absolute atomic E-state index is 0.316. The van der Waals surface area contributed by atoms with Gasteiger partial charge in [-0.25, -0.2) is 4.39 Å². The zero-order valence-corrected chi connectivity index (χ0v) is 11.6. The van der Waals surface area contributed by atoms with Crippen molar-refractivity contribution in [3.8, 4) is 6.07 Å². The summed E-state index contributed by atoms with van der Waals surface area (Å²) in [6.07, 6.45) is 5.55. The number of benzene rings is 1. The van der Waals surface area contributed by atoms with Crippen LogP contribution in [0.4, 0.5) is 10.1 Å². The molecule has 0 atom stereocenters. The van der Waals surface area contributed by atoms with Gasteiger partial charge in [-0.15, -0.1) is 5.10 Å². The van der Waals surface area contributed by atoms with Gasteiger partial charge in [0.1, 0.15) is 5.82 Å². The van der Waals surface area contributed by atoms with Gasteiger partial charge in [0.15, 0.2) is 0 Å². The van der Waals surface area contributed by atoms with Gasteiger partial charge in [-0.05, 0) is 37.0 Å². The second kappa shape index (κ2) is 5.92. The molecule has 1 aromatic carbocycles. The van der Waals surface area contributed by atoms with Crippen molar-refractivity contribution in [3.05, 3.63) is 42.0 Å². The van der Waals surface area contributed by atoms with Crippen LogP contribution in [0.1, 0.15) is 18.4 Å². The quantitative estimate of drug-likeness (QED) is 0.867. The van der Waals surface area contributed by atoms with Gasteiger partial charge in [0.2, 0.25) is 0 Å². The van der Waals surface area contributed by atoms with Crippen LogP contribution in [0.15, 0.2) is 30.6 Å². The Labute approximate surface area is 122 Å².